The van der Waals surface area contributed by atoms with Crippen molar-refractivity contribution in [3.8, 4) is 11.5 Å². The third kappa shape index (κ3) is 7.35. The largest absolute Gasteiger partial charge is 0.493 e. The van der Waals surface area contributed by atoms with E-state index in [0.717, 1.165) is 36.2 Å². The summed E-state index contributed by atoms with van der Waals surface area (Å²) in [5, 5.41) is 17.2. The number of ether oxygens (including phenoxy) is 3. The maximum Gasteiger partial charge on any atom is 0.305 e. The number of nitrogen functional groups attached to an aromatic ring is 1. The minimum absolute atomic E-state index is 0.0969. The van der Waals surface area contributed by atoms with E-state index in [1.165, 1.54) is 19.6 Å². The second-order valence-corrected chi connectivity index (χ2v) is 10.7. The Morgan fingerprint density at radius 1 is 0.956 bits per heavy atom. The molecule has 5 rings (SSSR count). The molecule has 0 saturated carbocycles. The molecule has 1 aliphatic heterocycles. The molecule has 1 atom stereocenters. The average molecular weight is 608 g/mol. The molecule has 1 heterocycles. The summed E-state index contributed by atoms with van der Waals surface area (Å²) in [6, 6.07) is 27.2. The van der Waals surface area contributed by atoms with Crippen molar-refractivity contribution in [2.45, 2.75) is 38.6 Å². The fraction of sp³-hybridized carbons (Fsp3) is 0.229. The summed E-state index contributed by atoms with van der Waals surface area (Å²) >= 11 is 0. The number of methoxy groups -OCH3 is 1. The Kier molecular flexibility index (Phi) is 9.52. The van der Waals surface area contributed by atoms with Gasteiger partial charge in [0.25, 0.3) is 11.6 Å². The van der Waals surface area contributed by atoms with Gasteiger partial charge < -0.3 is 35.9 Å². The molecular weight excluding hydrogens is 570 g/mol. The Hall–Kier alpha value is -5.51. The highest BCUT2D eigenvalue weighted by atomic mass is 16.6. The summed E-state index contributed by atoms with van der Waals surface area (Å²) in [5.74, 6) is -0.572. The van der Waals surface area contributed by atoms with Crippen LogP contribution in [-0.2, 0) is 39.6 Å². The smallest absolute Gasteiger partial charge is 0.305 e. The Labute approximate surface area is 262 Å². The number of anilines is 2. The third-order valence-electron chi connectivity index (χ3n) is 7.51. The zero-order valence-electron chi connectivity index (χ0n) is 25.3. The number of carbonyl (C=O) groups is 2. The summed E-state index contributed by atoms with van der Waals surface area (Å²) in [7, 11) is 1.51. The molecule has 232 valence electrons. The normalized spacial score (nSPS) is 13.3. The fourth-order valence-corrected chi connectivity index (χ4v) is 5.21. The zero-order valence-corrected chi connectivity index (χ0v) is 25.3. The number of hydrogen-bond donors (Lipinski definition) is 5. The predicted octanol–water partition coefficient (Wildman–Crippen LogP) is 5.06. The number of rotatable bonds is 12. The summed E-state index contributed by atoms with van der Waals surface area (Å²) in [6.07, 6.45) is 2.17. The van der Waals surface area contributed by atoms with Gasteiger partial charge in [0, 0.05) is 42.5 Å². The first kappa shape index (κ1) is 30.9. The van der Waals surface area contributed by atoms with Crippen molar-refractivity contribution in [3.05, 3.63) is 119 Å². The van der Waals surface area contributed by atoms with Gasteiger partial charge in [0.2, 0.25) is 0 Å². The van der Waals surface area contributed by atoms with Crippen molar-refractivity contribution in [2.75, 3.05) is 24.3 Å². The molecule has 6 N–H and O–H groups in total. The predicted molar refractivity (Wildman–Crippen MR) is 173 cm³/mol. The van der Waals surface area contributed by atoms with Crippen LogP contribution in [0.3, 0.4) is 0 Å². The zero-order chi connectivity index (χ0) is 31.8. The summed E-state index contributed by atoms with van der Waals surface area (Å²) in [4.78, 5) is 26.7. The molecule has 4 aromatic carbocycles. The number of nitrogens with two attached hydrogens (primary N) is 1. The number of carbonyl (C=O) groups excluding carboxylic acids is 2. The number of benzene rings is 4. The van der Waals surface area contributed by atoms with Crippen molar-refractivity contribution in [2.24, 2.45) is 5.73 Å². The van der Waals surface area contributed by atoms with Crippen molar-refractivity contribution >= 4 is 29.1 Å². The van der Waals surface area contributed by atoms with E-state index in [1.807, 2.05) is 30.3 Å². The van der Waals surface area contributed by atoms with Crippen molar-refractivity contribution in [3.63, 3.8) is 0 Å². The van der Waals surface area contributed by atoms with Crippen molar-refractivity contribution in [1.82, 2.24) is 5.32 Å². The second kappa shape index (κ2) is 13.9. The average Bonchev–Trinajstić information content (AvgIpc) is 3.06. The Balaban J connectivity index is 1.48. The van der Waals surface area contributed by atoms with Gasteiger partial charge in [0.05, 0.1) is 7.11 Å². The first-order valence-electron chi connectivity index (χ1n) is 14.7. The monoisotopic (exact) mass is 607 g/mol. The fourth-order valence-electron chi connectivity index (χ4n) is 5.21. The Morgan fingerprint density at radius 2 is 1.73 bits per heavy atom. The molecule has 0 saturated heterocycles. The van der Waals surface area contributed by atoms with Gasteiger partial charge in [-0.3, -0.25) is 15.0 Å². The van der Waals surface area contributed by atoms with E-state index in [0.29, 0.717) is 34.9 Å². The molecule has 1 amide bonds. The quantitative estimate of drug-likeness (QED) is 0.0650. The van der Waals surface area contributed by atoms with E-state index in [9.17, 15) is 9.59 Å². The molecule has 4 aromatic rings. The maximum atomic E-state index is 14.1. The molecule has 0 unspecified atom stereocenters. The van der Waals surface area contributed by atoms with E-state index >= 15 is 0 Å². The molecule has 0 aliphatic carbocycles. The number of aryl methyl sites for hydroxylation is 1. The highest BCUT2D eigenvalue weighted by Crippen LogP contribution is 2.36. The van der Waals surface area contributed by atoms with Gasteiger partial charge in [-0.2, -0.15) is 0 Å². The van der Waals surface area contributed by atoms with Crippen LogP contribution in [0.25, 0.3) is 0 Å². The molecule has 45 heavy (non-hydrogen) atoms. The lowest BCUT2D eigenvalue weighted by molar-refractivity contribution is -0.165. The Morgan fingerprint density at radius 3 is 2.44 bits per heavy atom. The standard InChI is InChI=1S/C35H37N5O5/c1-23(41)45-35(34(42)39-21-24-7-4-3-5-8-24,40-29-15-12-27(13-16-29)33(36)37)28-14-17-31(32(20-28)43-2)44-22-25-10-11-26-9-6-18-38-30(26)19-25/h3-5,7-8,10-17,19-20,38,40H,6,9,18,21-22H2,1-2H3,(H3,36,37)(H,39,42)/t35-/m0/s1. The molecule has 0 radical (unpaired) electrons. The lowest BCUT2D eigenvalue weighted by atomic mass is 9.99. The van der Waals surface area contributed by atoms with Crippen LogP contribution in [0.1, 0.15) is 41.2 Å². The van der Waals surface area contributed by atoms with Gasteiger partial charge in [-0.15, -0.1) is 0 Å². The van der Waals surface area contributed by atoms with E-state index in [1.54, 1.807) is 42.5 Å². The summed E-state index contributed by atoms with van der Waals surface area (Å²) < 4.78 is 17.7. The van der Waals surface area contributed by atoms with Crippen LogP contribution in [0.15, 0.2) is 91.0 Å². The van der Waals surface area contributed by atoms with E-state index < -0.39 is 17.6 Å². The SMILES string of the molecule is COc1cc([C@](Nc2ccc(C(=N)N)cc2)(OC(C)=O)C(=O)NCc2ccccc2)ccc1OCc1ccc2c(c1)NCCC2. The summed E-state index contributed by atoms with van der Waals surface area (Å²) in [5.41, 5.74) is 9.19. The van der Waals surface area contributed by atoms with Crippen LogP contribution in [0.4, 0.5) is 11.4 Å². The third-order valence-corrected chi connectivity index (χ3v) is 7.51. The van der Waals surface area contributed by atoms with E-state index in [2.05, 4.69) is 34.1 Å². The molecule has 0 aromatic heterocycles. The molecule has 0 fully saturated rings. The van der Waals surface area contributed by atoms with E-state index in [-0.39, 0.29) is 12.4 Å². The lowest BCUT2D eigenvalue weighted by Crippen LogP contribution is -2.52. The molecule has 0 bridgehead atoms. The van der Waals surface area contributed by atoms with Crippen LogP contribution >= 0.6 is 0 Å². The first-order chi connectivity index (χ1) is 21.8. The molecule has 0 spiro atoms. The number of fused-ring (bicyclic) bond motifs is 1. The number of amidine groups is 1. The highest BCUT2D eigenvalue weighted by molar-refractivity contribution is 5.95. The number of nitrogens with one attached hydrogen (secondary N) is 4. The van der Waals surface area contributed by atoms with E-state index in [4.69, 9.17) is 25.4 Å². The van der Waals surface area contributed by atoms with Crippen molar-refractivity contribution < 1.29 is 23.8 Å². The molecule has 10 nitrogen and oxygen atoms in total. The maximum absolute atomic E-state index is 14.1. The highest BCUT2D eigenvalue weighted by Gasteiger charge is 2.45. The minimum Gasteiger partial charge on any atom is -0.493 e. The summed E-state index contributed by atoms with van der Waals surface area (Å²) in [6.45, 7) is 2.69. The van der Waals surface area contributed by atoms with Crippen LogP contribution in [0, 0.1) is 5.41 Å². The topological polar surface area (TPSA) is 148 Å². The molecule has 10 heteroatoms. The number of esters is 1. The van der Waals surface area contributed by atoms with Gasteiger partial charge in [-0.05, 0) is 78.1 Å². The van der Waals surface area contributed by atoms with Gasteiger partial charge in [0.15, 0.2) is 11.5 Å². The molecular formula is C35H37N5O5. The van der Waals surface area contributed by atoms with Gasteiger partial charge in [-0.1, -0.05) is 42.5 Å². The van der Waals surface area contributed by atoms with Crippen molar-refractivity contribution in [1.29, 1.82) is 5.41 Å². The number of hydrogen-bond acceptors (Lipinski definition) is 8. The van der Waals surface area contributed by atoms with Crippen LogP contribution in [-0.4, -0.2) is 31.4 Å². The Bertz CT molecular complexity index is 1680. The number of amides is 1. The van der Waals surface area contributed by atoms with Gasteiger partial charge in [-0.25, -0.2) is 0 Å². The second-order valence-electron chi connectivity index (χ2n) is 10.7. The van der Waals surface area contributed by atoms with Gasteiger partial charge >= 0.3 is 5.97 Å². The van der Waals surface area contributed by atoms with Gasteiger partial charge in [0.1, 0.15) is 12.4 Å². The molecule has 1 aliphatic rings. The first-order valence-corrected chi connectivity index (χ1v) is 14.7. The van der Waals surface area contributed by atoms with Crippen LogP contribution in [0.5, 0.6) is 11.5 Å². The minimum atomic E-state index is -1.99. The van der Waals surface area contributed by atoms with Crippen LogP contribution in [0.2, 0.25) is 0 Å². The lowest BCUT2D eigenvalue weighted by Gasteiger charge is -2.34. The van der Waals surface area contributed by atoms with Crippen LogP contribution < -0.4 is 31.2 Å².